The van der Waals surface area contributed by atoms with E-state index in [1.165, 1.54) is 25.7 Å². The van der Waals surface area contributed by atoms with Crippen molar-refractivity contribution < 1.29 is 4.79 Å². The Morgan fingerprint density at radius 3 is 2.76 bits per heavy atom. The number of Topliss-reactive ketones (excluding diaryl/α,β-unsaturated/α-hetero) is 1. The Kier molecular flexibility index (Phi) is 4.38. The molecule has 0 aromatic rings. The number of likely N-dealkylation sites (tertiary alicyclic amines) is 1. The van der Waals surface area contributed by atoms with Crippen molar-refractivity contribution in [1.29, 1.82) is 0 Å². The van der Waals surface area contributed by atoms with Crippen LogP contribution < -0.4 is 0 Å². The highest BCUT2D eigenvalue weighted by Gasteiger charge is 2.36. The first-order valence-electron chi connectivity index (χ1n) is 7.15. The summed E-state index contributed by atoms with van der Waals surface area (Å²) in [6.07, 6.45) is 10.1. The fourth-order valence-corrected chi connectivity index (χ4v) is 3.47. The molecule has 96 valence electrons. The van der Waals surface area contributed by atoms with Crippen molar-refractivity contribution in [2.45, 2.75) is 64.0 Å². The van der Waals surface area contributed by atoms with Gasteiger partial charge < -0.3 is 0 Å². The van der Waals surface area contributed by atoms with Crippen molar-refractivity contribution >= 4 is 5.78 Å². The van der Waals surface area contributed by atoms with Crippen LogP contribution in [0, 0.1) is 5.92 Å². The van der Waals surface area contributed by atoms with Crippen LogP contribution in [-0.2, 0) is 4.79 Å². The second-order valence-corrected chi connectivity index (χ2v) is 5.60. The van der Waals surface area contributed by atoms with E-state index in [0.29, 0.717) is 23.8 Å². The Labute approximate surface area is 105 Å². The highest BCUT2D eigenvalue weighted by atomic mass is 16.1. The lowest BCUT2D eigenvalue weighted by Crippen LogP contribution is -2.50. The highest BCUT2D eigenvalue weighted by Crippen LogP contribution is 2.32. The molecule has 0 N–H and O–H groups in total. The molecule has 2 rings (SSSR count). The van der Waals surface area contributed by atoms with Crippen LogP contribution in [0.4, 0.5) is 0 Å². The van der Waals surface area contributed by atoms with Crippen LogP contribution in [0.2, 0.25) is 0 Å². The van der Waals surface area contributed by atoms with Crippen LogP contribution in [0.3, 0.4) is 0 Å². The molecule has 1 aliphatic carbocycles. The molecule has 0 spiro atoms. The fraction of sp³-hybridized carbons (Fsp3) is 0.800. The summed E-state index contributed by atoms with van der Waals surface area (Å²) < 4.78 is 0. The third-order valence-corrected chi connectivity index (χ3v) is 4.52. The van der Waals surface area contributed by atoms with Crippen molar-refractivity contribution in [3.63, 3.8) is 0 Å². The number of rotatable bonds is 3. The first kappa shape index (κ1) is 12.8. The SMILES string of the molecule is C=CC(C)N1CCCCC1C1CCCCC1=O. The molecule has 2 heteroatoms. The zero-order valence-electron chi connectivity index (χ0n) is 11.0. The van der Waals surface area contributed by atoms with Crippen molar-refractivity contribution in [3.8, 4) is 0 Å². The second-order valence-electron chi connectivity index (χ2n) is 5.60. The summed E-state index contributed by atoms with van der Waals surface area (Å²) in [6, 6.07) is 0.902. The van der Waals surface area contributed by atoms with Crippen LogP contribution in [0.5, 0.6) is 0 Å². The molecule has 2 fully saturated rings. The van der Waals surface area contributed by atoms with Gasteiger partial charge in [-0.15, -0.1) is 6.58 Å². The molecule has 2 nitrogen and oxygen atoms in total. The molecule has 0 aromatic heterocycles. The van der Waals surface area contributed by atoms with Gasteiger partial charge >= 0.3 is 0 Å². The van der Waals surface area contributed by atoms with Gasteiger partial charge in [0.1, 0.15) is 5.78 Å². The highest BCUT2D eigenvalue weighted by molar-refractivity contribution is 5.82. The molecule has 1 saturated carbocycles. The van der Waals surface area contributed by atoms with Gasteiger partial charge in [0.2, 0.25) is 0 Å². The maximum atomic E-state index is 12.1. The van der Waals surface area contributed by atoms with Gasteiger partial charge in [-0.05, 0) is 39.2 Å². The third kappa shape index (κ3) is 2.79. The van der Waals surface area contributed by atoms with E-state index in [4.69, 9.17) is 0 Å². The molecule has 0 aromatic carbocycles. The first-order chi connectivity index (χ1) is 8.24. The van der Waals surface area contributed by atoms with E-state index in [1.54, 1.807) is 0 Å². The zero-order chi connectivity index (χ0) is 12.3. The predicted octanol–water partition coefficient (Wildman–Crippen LogP) is 3.17. The molecule has 1 aliphatic heterocycles. The van der Waals surface area contributed by atoms with Crippen molar-refractivity contribution in [1.82, 2.24) is 4.90 Å². The Hall–Kier alpha value is -0.630. The summed E-state index contributed by atoms with van der Waals surface area (Å²) in [5, 5.41) is 0. The molecule has 0 amide bonds. The third-order valence-electron chi connectivity index (χ3n) is 4.52. The maximum absolute atomic E-state index is 12.1. The van der Waals surface area contributed by atoms with E-state index in [2.05, 4.69) is 18.4 Å². The summed E-state index contributed by atoms with van der Waals surface area (Å²) in [5.41, 5.74) is 0. The summed E-state index contributed by atoms with van der Waals surface area (Å²) in [5.74, 6) is 0.830. The van der Waals surface area contributed by atoms with Gasteiger partial charge in [0.05, 0.1) is 0 Å². The van der Waals surface area contributed by atoms with Crippen LogP contribution in [0.15, 0.2) is 12.7 Å². The van der Waals surface area contributed by atoms with Gasteiger partial charge in [-0.3, -0.25) is 9.69 Å². The Morgan fingerprint density at radius 1 is 1.29 bits per heavy atom. The molecule has 0 radical (unpaired) electrons. The molecule has 1 saturated heterocycles. The number of ketones is 1. The van der Waals surface area contributed by atoms with Crippen molar-refractivity contribution in [3.05, 3.63) is 12.7 Å². The van der Waals surface area contributed by atoms with E-state index in [9.17, 15) is 4.79 Å². The standard InChI is InChI=1S/C15H25NO/c1-3-12(2)16-11-7-6-9-14(16)13-8-4-5-10-15(13)17/h3,12-14H,1,4-11H2,2H3. The second kappa shape index (κ2) is 5.81. The number of nitrogens with zero attached hydrogens (tertiary/aromatic N) is 1. The number of hydrogen-bond donors (Lipinski definition) is 0. The minimum absolute atomic E-state index is 0.312. The Balaban J connectivity index is 2.09. The number of piperidine rings is 1. The Bertz CT molecular complexity index is 287. The van der Waals surface area contributed by atoms with Gasteiger partial charge in [0, 0.05) is 24.4 Å². The minimum Gasteiger partial charge on any atom is -0.299 e. The molecule has 0 bridgehead atoms. The Morgan fingerprint density at radius 2 is 2.06 bits per heavy atom. The van der Waals surface area contributed by atoms with Crippen LogP contribution in [-0.4, -0.2) is 29.3 Å². The fourth-order valence-electron chi connectivity index (χ4n) is 3.47. The number of carbonyl (C=O) groups is 1. The molecule has 17 heavy (non-hydrogen) atoms. The monoisotopic (exact) mass is 235 g/mol. The lowest BCUT2D eigenvalue weighted by Gasteiger charge is -2.43. The molecule has 1 heterocycles. The normalized spacial score (nSPS) is 33.4. The average molecular weight is 235 g/mol. The van der Waals surface area contributed by atoms with Gasteiger partial charge in [0.15, 0.2) is 0 Å². The molecule has 3 unspecified atom stereocenters. The van der Waals surface area contributed by atoms with Crippen molar-refractivity contribution in [2.24, 2.45) is 5.92 Å². The van der Waals surface area contributed by atoms with Gasteiger partial charge in [-0.2, -0.15) is 0 Å². The molecule has 2 aliphatic rings. The van der Waals surface area contributed by atoms with Crippen LogP contribution in [0.25, 0.3) is 0 Å². The summed E-state index contributed by atoms with van der Waals surface area (Å²) in [4.78, 5) is 14.6. The van der Waals surface area contributed by atoms with Crippen molar-refractivity contribution in [2.75, 3.05) is 6.54 Å². The zero-order valence-corrected chi connectivity index (χ0v) is 11.0. The van der Waals surface area contributed by atoms with E-state index in [-0.39, 0.29) is 0 Å². The van der Waals surface area contributed by atoms with Crippen LogP contribution >= 0.6 is 0 Å². The first-order valence-corrected chi connectivity index (χ1v) is 7.15. The topological polar surface area (TPSA) is 20.3 Å². The summed E-state index contributed by atoms with van der Waals surface area (Å²) >= 11 is 0. The molecule has 3 atom stereocenters. The van der Waals surface area contributed by atoms with Gasteiger partial charge in [-0.25, -0.2) is 0 Å². The van der Waals surface area contributed by atoms with E-state index in [1.807, 2.05) is 6.08 Å². The molecular weight excluding hydrogens is 210 g/mol. The van der Waals surface area contributed by atoms with E-state index in [0.717, 1.165) is 25.8 Å². The predicted molar refractivity (Wildman–Crippen MR) is 71.0 cm³/mol. The smallest absolute Gasteiger partial charge is 0.137 e. The van der Waals surface area contributed by atoms with Crippen LogP contribution in [0.1, 0.15) is 51.9 Å². The lowest BCUT2D eigenvalue weighted by atomic mass is 9.78. The van der Waals surface area contributed by atoms with Gasteiger partial charge in [-0.1, -0.05) is 18.9 Å². The average Bonchev–Trinajstić information content (AvgIpc) is 2.38. The quantitative estimate of drug-likeness (QED) is 0.700. The number of carbonyl (C=O) groups excluding carboxylic acids is 1. The largest absolute Gasteiger partial charge is 0.299 e. The number of hydrogen-bond acceptors (Lipinski definition) is 2. The minimum atomic E-state index is 0.312. The summed E-state index contributed by atoms with van der Waals surface area (Å²) in [7, 11) is 0. The summed E-state index contributed by atoms with van der Waals surface area (Å²) in [6.45, 7) is 7.26. The van der Waals surface area contributed by atoms with Gasteiger partial charge in [0.25, 0.3) is 0 Å². The lowest BCUT2D eigenvalue weighted by molar-refractivity contribution is -0.128. The van der Waals surface area contributed by atoms with E-state index < -0.39 is 0 Å². The molecular formula is C15H25NO. The van der Waals surface area contributed by atoms with E-state index >= 15 is 0 Å². The maximum Gasteiger partial charge on any atom is 0.137 e.